The fourth-order valence-electron chi connectivity index (χ4n) is 2.28. The lowest BCUT2D eigenvalue weighted by Crippen LogP contribution is -2.39. The first-order valence-electron chi connectivity index (χ1n) is 7.91. The van der Waals surface area contributed by atoms with Gasteiger partial charge in [0, 0.05) is 18.0 Å². The lowest BCUT2D eigenvalue weighted by atomic mass is 10.1. The number of urea groups is 1. The standard InChI is InChI=1S/C18H21N3O2S/c1-2-4-15(22)12-21-18(23)20-11-13-5-3-6-14(9-13)17-8-7-16(10-19)24-17/h3,5-9,15,22H,2,4,11-12H2,1H3,(H2,20,21,23). The maximum atomic E-state index is 11.8. The van der Waals surface area contributed by atoms with Crippen LogP contribution in [0.5, 0.6) is 0 Å². The van der Waals surface area contributed by atoms with Crippen molar-refractivity contribution >= 4 is 17.4 Å². The normalized spacial score (nSPS) is 11.5. The predicted molar refractivity (Wildman–Crippen MR) is 95.6 cm³/mol. The molecule has 1 atom stereocenters. The lowest BCUT2D eigenvalue weighted by molar-refractivity contribution is 0.160. The molecule has 6 heteroatoms. The van der Waals surface area contributed by atoms with E-state index in [-0.39, 0.29) is 12.6 Å². The molecule has 0 aliphatic rings. The van der Waals surface area contributed by atoms with E-state index in [2.05, 4.69) is 16.7 Å². The summed E-state index contributed by atoms with van der Waals surface area (Å²) in [6.45, 7) is 2.65. The van der Waals surface area contributed by atoms with Crippen molar-refractivity contribution in [2.24, 2.45) is 0 Å². The van der Waals surface area contributed by atoms with Crippen LogP contribution in [0.1, 0.15) is 30.2 Å². The van der Waals surface area contributed by atoms with Crippen LogP contribution >= 0.6 is 11.3 Å². The monoisotopic (exact) mass is 343 g/mol. The summed E-state index contributed by atoms with van der Waals surface area (Å²) in [7, 11) is 0. The Morgan fingerprint density at radius 2 is 2.17 bits per heavy atom. The largest absolute Gasteiger partial charge is 0.391 e. The summed E-state index contributed by atoms with van der Waals surface area (Å²) in [6, 6.07) is 13.4. The van der Waals surface area contributed by atoms with Crippen LogP contribution in [0.25, 0.3) is 10.4 Å². The van der Waals surface area contributed by atoms with Gasteiger partial charge in [-0.1, -0.05) is 31.5 Å². The highest BCUT2D eigenvalue weighted by Gasteiger charge is 2.07. The van der Waals surface area contributed by atoms with Crippen LogP contribution in [0.4, 0.5) is 4.79 Å². The molecule has 0 aliphatic heterocycles. The summed E-state index contributed by atoms with van der Waals surface area (Å²) in [4.78, 5) is 13.5. The first-order valence-corrected chi connectivity index (χ1v) is 8.73. The Balaban J connectivity index is 1.88. The molecular formula is C18H21N3O2S. The molecule has 0 aliphatic carbocycles. The van der Waals surface area contributed by atoms with E-state index in [0.717, 1.165) is 22.4 Å². The number of thiophene rings is 1. The minimum atomic E-state index is -0.503. The molecule has 1 aromatic heterocycles. The molecule has 24 heavy (non-hydrogen) atoms. The SMILES string of the molecule is CCCC(O)CNC(=O)NCc1cccc(-c2ccc(C#N)s2)c1. The molecule has 1 aromatic carbocycles. The molecule has 5 nitrogen and oxygen atoms in total. The topological polar surface area (TPSA) is 85.2 Å². The Morgan fingerprint density at radius 1 is 1.33 bits per heavy atom. The molecule has 0 fully saturated rings. The maximum absolute atomic E-state index is 11.8. The molecule has 2 rings (SSSR count). The van der Waals surface area contributed by atoms with Crippen molar-refractivity contribution in [2.45, 2.75) is 32.4 Å². The van der Waals surface area contributed by atoms with Gasteiger partial charge >= 0.3 is 6.03 Å². The van der Waals surface area contributed by atoms with Gasteiger partial charge in [-0.2, -0.15) is 5.26 Å². The minimum Gasteiger partial charge on any atom is -0.391 e. The number of nitriles is 1. The van der Waals surface area contributed by atoms with E-state index in [1.165, 1.54) is 11.3 Å². The highest BCUT2D eigenvalue weighted by atomic mass is 32.1. The number of benzene rings is 1. The number of hydrogen-bond donors (Lipinski definition) is 3. The molecule has 0 saturated carbocycles. The number of amides is 2. The van der Waals surface area contributed by atoms with E-state index in [1.54, 1.807) is 6.07 Å². The van der Waals surface area contributed by atoms with Crippen molar-refractivity contribution in [1.29, 1.82) is 5.26 Å². The zero-order valence-corrected chi connectivity index (χ0v) is 14.4. The van der Waals surface area contributed by atoms with E-state index >= 15 is 0 Å². The van der Waals surface area contributed by atoms with Gasteiger partial charge in [-0.3, -0.25) is 0 Å². The van der Waals surface area contributed by atoms with Crippen LogP contribution in [-0.2, 0) is 6.54 Å². The van der Waals surface area contributed by atoms with Crippen LogP contribution in [0, 0.1) is 11.3 Å². The summed E-state index contributed by atoms with van der Waals surface area (Å²) in [5.41, 5.74) is 2.00. The third-order valence-corrected chi connectivity index (χ3v) is 4.54. The zero-order chi connectivity index (χ0) is 17.4. The Kier molecular flexibility index (Phi) is 6.79. The molecule has 3 N–H and O–H groups in total. The molecule has 0 saturated heterocycles. The Hall–Kier alpha value is -2.36. The average molecular weight is 343 g/mol. The molecule has 2 aromatic rings. The van der Waals surface area contributed by atoms with Crippen LogP contribution in [0.3, 0.4) is 0 Å². The fraction of sp³-hybridized carbons (Fsp3) is 0.333. The van der Waals surface area contributed by atoms with Crippen molar-refractivity contribution < 1.29 is 9.90 Å². The average Bonchev–Trinajstić information content (AvgIpc) is 3.08. The van der Waals surface area contributed by atoms with Crippen molar-refractivity contribution in [1.82, 2.24) is 10.6 Å². The third kappa shape index (κ3) is 5.37. The summed E-state index contributed by atoms with van der Waals surface area (Å²) in [5.74, 6) is 0. The molecule has 2 amide bonds. The van der Waals surface area contributed by atoms with E-state index < -0.39 is 6.10 Å². The summed E-state index contributed by atoms with van der Waals surface area (Å²) in [5, 5.41) is 24.0. The maximum Gasteiger partial charge on any atom is 0.315 e. The molecule has 0 radical (unpaired) electrons. The summed E-state index contributed by atoms with van der Waals surface area (Å²) in [6.07, 6.45) is 1.05. The molecule has 0 spiro atoms. The van der Waals surface area contributed by atoms with Gasteiger partial charge in [-0.25, -0.2) is 4.79 Å². The highest BCUT2D eigenvalue weighted by Crippen LogP contribution is 2.28. The second-order valence-corrected chi connectivity index (χ2v) is 6.57. The van der Waals surface area contributed by atoms with Gasteiger partial charge in [0.25, 0.3) is 0 Å². The predicted octanol–water partition coefficient (Wildman–Crippen LogP) is 3.25. The summed E-state index contributed by atoms with van der Waals surface area (Å²) < 4.78 is 0. The highest BCUT2D eigenvalue weighted by molar-refractivity contribution is 7.16. The third-order valence-electron chi connectivity index (χ3n) is 3.50. The number of aliphatic hydroxyl groups excluding tert-OH is 1. The number of aliphatic hydroxyl groups is 1. The fourth-order valence-corrected chi connectivity index (χ4v) is 3.08. The number of hydrogen-bond acceptors (Lipinski definition) is 4. The summed E-state index contributed by atoms with van der Waals surface area (Å²) >= 11 is 1.45. The van der Waals surface area contributed by atoms with Crippen LogP contribution < -0.4 is 10.6 Å². The van der Waals surface area contributed by atoms with E-state index in [1.807, 2.05) is 37.3 Å². The van der Waals surface area contributed by atoms with Crippen LogP contribution in [0.2, 0.25) is 0 Å². The molecule has 0 bridgehead atoms. The van der Waals surface area contributed by atoms with Crippen molar-refractivity contribution in [3.05, 3.63) is 46.8 Å². The first-order chi connectivity index (χ1) is 11.6. The molecule has 1 heterocycles. The van der Waals surface area contributed by atoms with E-state index in [4.69, 9.17) is 5.26 Å². The number of nitrogens with one attached hydrogen (secondary N) is 2. The number of carbonyl (C=O) groups is 1. The number of nitrogens with zero attached hydrogens (tertiary/aromatic N) is 1. The number of carbonyl (C=O) groups excluding carboxylic acids is 1. The number of rotatable bonds is 7. The Bertz CT molecular complexity index is 721. The van der Waals surface area contributed by atoms with Gasteiger partial charge in [-0.15, -0.1) is 11.3 Å². The van der Waals surface area contributed by atoms with Gasteiger partial charge in [-0.05, 0) is 35.7 Å². The lowest BCUT2D eigenvalue weighted by Gasteiger charge is -2.12. The first kappa shape index (κ1) is 18.0. The van der Waals surface area contributed by atoms with E-state index in [9.17, 15) is 9.90 Å². The van der Waals surface area contributed by atoms with Crippen molar-refractivity contribution in [3.63, 3.8) is 0 Å². The van der Waals surface area contributed by atoms with E-state index in [0.29, 0.717) is 17.8 Å². The van der Waals surface area contributed by atoms with Gasteiger partial charge in [0.2, 0.25) is 0 Å². The molecule has 1 unspecified atom stereocenters. The van der Waals surface area contributed by atoms with Gasteiger partial charge in [0.1, 0.15) is 10.9 Å². The Labute approximate surface area is 145 Å². The van der Waals surface area contributed by atoms with Crippen molar-refractivity contribution in [2.75, 3.05) is 6.54 Å². The van der Waals surface area contributed by atoms with Gasteiger partial charge in [0.15, 0.2) is 0 Å². The molecular weight excluding hydrogens is 322 g/mol. The zero-order valence-electron chi connectivity index (χ0n) is 13.6. The van der Waals surface area contributed by atoms with Crippen molar-refractivity contribution in [3.8, 4) is 16.5 Å². The Morgan fingerprint density at radius 3 is 2.88 bits per heavy atom. The second-order valence-electron chi connectivity index (χ2n) is 5.48. The minimum absolute atomic E-state index is 0.256. The van der Waals surface area contributed by atoms with Gasteiger partial charge < -0.3 is 15.7 Å². The van der Waals surface area contributed by atoms with Crippen LogP contribution in [0.15, 0.2) is 36.4 Å². The van der Waals surface area contributed by atoms with Crippen LogP contribution in [-0.4, -0.2) is 23.8 Å². The smallest absolute Gasteiger partial charge is 0.315 e. The molecule has 126 valence electrons. The quantitative estimate of drug-likeness (QED) is 0.721. The second kappa shape index (κ2) is 9.06. The van der Waals surface area contributed by atoms with Gasteiger partial charge in [0.05, 0.1) is 6.10 Å².